The number of amides is 1. The van der Waals surface area contributed by atoms with Crippen LogP contribution in [0.15, 0.2) is 60.9 Å². The molecule has 7 nitrogen and oxygen atoms in total. The van der Waals surface area contributed by atoms with E-state index in [-0.39, 0.29) is 18.0 Å². The number of nitrogens with zero attached hydrogens (tertiary/aromatic N) is 5. The Morgan fingerprint density at radius 1 is 1.03 bits per heavy atom. The fraction of sp³-hybridized carbons (Fsp3) is 0.379. The summed E-state index contributed by atoms with van der Waals surface area (Å²) in [5.41, 5.74) is 12.7. The molecule has 3 aromatic heterocycles. The van der Waals surface area contributed by atoms with Crippen molar-refractivity contribution in [2.75, 3.05) is 6.54 Å². The van der Waals surface area contributed by atoms with Crippen molar-refractivity contribution in [1.82, 2.24) is 24.5 Å². The van der Waals surface area contributed by atoms with Gasteiger partial charge in [-0.05, 0) is 74.3 Å². The van der Waals surface area contributed by atoms with E-state index in [1.54, 1.807) is 6.20 Å². The van der Waals surface area contributed by atoms with E-state index in [9.17, 15) is 4.79 Å². The zero-order chi connectivity index (χ0) is 24.6. The van der Waals surface area contributed by atoms with E-state index in [4.69, 9.17) is 15.8 Å². The van der Waals surface area contributed by atoms with Gasteiger partial charge in [0.05, 0.1) is 17.4 Å². The number of hydrogen-bond donors (Lipinski definition) is 1. The summed E-state index contributed by atoms with van der Waals surface area (Å²) in [6.07, 6.45) is 9.87. The minimum atomic E-state index is -0.0845. The van der Waals surface area contributed by atoms with E-state index in [1.165, 1.54) is 0 Å². The monoisotopic (exact) mass is 480 g/mol. The first-order valence-corrected chi connectivity index (χ1v) is 13.0. The third kappa shape index (κ3) is 4.28. The van der Waals surface area contributed by atoms with E-state index in [0.29, 0.717) is 18.2 Å². The van der Waals surface area contributed by atoms with Gasteiger partial charge in [0.1, 0.15) is 5.69 Å². The van der Waals surface area contributed by atoms with E-state index in [2.05, 4.69) is 24.2 Å². The first-order valence-electron chi connectivity index (χ1n) is 13.0. The van der Waals surface area contributed by atoms with Gasteiger partial charge in [-0.1, -0.05) is 30.3 Å². The second-order valence-electron chi connectivity index (χ2n) is 10.3. The van der Waals surface area contributed by atoms with Crippen LogP contribution in [0.4, 0.5) is 0 Å². The minimum absolute atomic E-state index is 0.0423. The maximum Gasteiger partial charge on any atom is 0.273 e. The van der Waals surface area contributed by atoms with Gasteiger partial charge in [0.25, 0.3) is 5.91 Å². The zero-order valence-electron chi connectivity index (χ0n) is 20.7. The summed E-state index contributed by atoms with van der Waals surface area (Å²) >= 11 is 0. The maximum atomic E-state index is 13.7. The molecule has 7 heteroatoms. The molecule has 1 aliphatic carbocycles. The quantitative estimate of drug-likeness (QED) is 0.441. The Morgan fingerprint density at radius 2 is 1.89 bits per heavy atom. The highest BCUT2D eigenvalue weighted by atomic mass is 16.2. The zero-order valence-corrected chi connectivity index (χ0v) is 20.7. The predicted molar refractivity (Wildman–Crippen MR) is 140 cm³/mol. The number of fused-ring (bicyclic) bond motifs is 1. The Hall–Kier alpha value is -3.58. The van der Waals surface area contributed by atoms with Gasteiger partial charge in [-0.3, -0.25) is 9.78 Å². The molecule has 1 saturated carbocycles. The van der Waals surface area contributed by atoms with Crippen LogP contribution in [0.5, 0.6) is 0 Å². The lowest BCUT2D eigenvalue weighted by atomic mass is 9.98. The fourth-order valence-electron chi connectivity index (χ4n) is 5.87. The highest BCUT2D eigenvalue weighted by molar-refractivity contribution is 5.94. The van der Waals surface area contributed by atoms with Crippen molar-refractivity contribution in [3.63, 3.8) is 0 Å². The largest absolute Gasteiger partial charge is 0.329 e. The molecule has 1 amide bonds. The first kappa shape index (κ1) is 22.9. The fourth-order valence-corrected chi connectivity index (χ4v) is 5.87. The van der Waals surface area contributed by atoms with Gasteiger partial charge in [-0.25, -0.2) is 9.50 Å². The molecule has 2 N–H and O–H groups in total. The van der Waals surface area contributed by atoms with Gasteiger partial charge in [0.15, 0.2) is 5.65 Å². The van der Waals surface area contributed by atoms with Crippen LogP contribution >= 0.6 is 0 Å². The van der Waals surface area contributed by atoms with Gasteiger partial charge in [0.2, 0.25) is 0 Å². The number of hydrogen-bond acceptors (Lipinski definition) is 5. The van der Waals surface area contributed by atoms with Crippen LogP contribution in [0.3, 0.4) is 0 Å². The normalized spacial score (nSPS) is 22.3. The standard InChI is InChI=1S/C29H32N6O/c1-19-18-35-27(32-28(19)22-10-11-23(30)15-22)17-24(33-35)26-9-5-6-14-34(26)29(36)25-16-21(12-13-31-25)20-7-3-2-4-8-20/h2-4,7-8,12-13,16-18,22-23,26H,5-6,9-11,14-15,30H2,1H3/t22?,23-,26-/m0/s1. The summed E-state index contributed by atoms with van der Waals surface area (Å²) < 4.78 is 1.87. The van der Waals surface area contributed by atoms with E-state index in [1.807, 2.05) is 51.9 Å². The predicted octanol–water partition coefficient (Wildman–Crippen LogP) is 5.06. The molecule has 3 atom stereocenters. The van der Waals surface area contributed by atoms with Crippen LogP contribution in [-0.4, -0.2) is 43.0 Å². The van der Waals surface area contributed by atoms with Crippen molar-refractivity contribution in [3.05, 3.63) is 83.6 Å². The van der Waals surface area contributed by atoms with Crippen LogP contribution in [0.1, 0.15) is 77.9 Å². The van der Waals surface area contributed by atoms with Gasteiger partial charge in [0, 0.05) is 37.0 Å². The molecule has 1 aromatic carbocycles. The first-order chi connectivity index (χ1) is 17.6. The minimum Gasteiger partial charge on any atom is -0.329 e. The molecule has 36 heavy (non-hydrogen) atoms. The Morgan fingerprint density at radius 3 is 2.69 bits per heavy atom. The van der Waals surface area contributed by atoms with Gasteiger partial charge in [-0.2, -0.15) is 5.10 Å². The average molecular weight is 481 g/mol. The average Bonchev–Trinajstić information content (AvgIpc) is 3.54. The topological polar surface area (TPSA) is 89.4 Å². The molecule has 6 rings (SSSR count). The lowest BCUT2D eigenvalue weighted by Gasteiger charge is -2.34. The van der Waals surface area contributed by atoms with Gasteiger partial charge >= 0.3 is 0 Å². The molecular weight excluding hydrogens is 448 g/mol. The summed E-state index contributed by atoms with van der Waals surface area (Å²) in [4.78, 5) is 25.1. The number of carbonyl (C=O) groups excluding carboxylic acids is 1. The van der Waals surface area contributed by atoms with Crippen molar-refractivity contribution < 1.29 is 4.79 Å². The highest BCUT2D eigenvalue weighted by Gasteiger charge is 2.32. The molecule has 184 valence electrons. The Balaban J connectivity index is 1.30. The summed E-state index contributed by atoms with van der Waals surface area (Å²) in [5, 5.41) is 4.89. The smallest absolute Gasteiger partial charge is 0.273 e. The highest BCUT2D eigenvalue weighted by Crippen LogP contribution is 2.36. The molecule has 1 unspecified atom stereocenters. The molecule has 0 bridgehead atoms. The van der Waals surface area contributed by atoms with Crippen molar-refractivity contribution >= 4 is 11.6 Å². The number of rotatable bonds is 4. The Kier molecular flexibility index (Phi) is 6.01. The van der Waals surface area contributed by atoms with E-state index >= 15 is 0 Å². The second kappa shape index (κ2) is 9.47. The number of pyridine rings is 1. The van der Waals surface area contributed by atoms with Crippen molar-refractivity contribution in [3.8, 4) is 11.1 Å². The molecule has 0 spiro atoms. The van der Waals surface area contributed by atoms with Gasteiger partial charge < -0.3 is 10.6 Å². The number of benzene rings is 1. The number of likely N-dealkylation sites (tertiary alicyclic amines) is 1. The maximum absolute atomic E-state index is 13.7. The molecule has 4 heterocycles. The van der Waals surface area contributed by atoms with Crippen molar-refractivity contribution in [1.29, 1.82) is 0 Å². The van der Waals surface area contributed by atoms with Gasteiger partial charge in [-0.15, -0.1) is 0 Å². The SMILES string of the molecule is Cc1cn2nc([C@@H]3CCCCN3C(=O)c3cc(-c4ccccc4)ccn3)cc2nc1C1CC[C@H](N)C1. The van der Waals surface area contributed by atoms with Crippen molar-refractivity contribution in [2.45, 2.75) is 63.5 Å². The Labute approximate surface area is 211 Å². The molecule has 1 saturated heterocycles. The molecule has 2 aliphatic rings. The van der Waals surface area contributed by atoms with E-state index in [0.717, 1.165) is 72.3 Å². The lowest BCUT2D eigenvalue weighted by Crippen LogP contribution is -2.39. The van der Waals surface area contributed by atoms with Crippen LogP contribution in [0.2, 0.25) is 0 Å². The summed E-state index contributed by atoms with van der Waals surface area (Å²) in [5.74, 6) is 0.374. The van der Waals surface area contributed by atoms with Crippen LogP contribution in [-0.2, 0) is 0 Å². The molecular formula is C29H32N6O. The second-order valence-corrected chi connectivity index (χ2v) is 10.3. The summed E-state index contributed by atoms with van der Waals surface area (Å²) in [7, 11) is 0. The number of carbonyl (C=O) groups is 1. The van der Waals surface area contributed by atoms with Crippen molar-refractivity contribution in [2.24, 2.45) is 5.73 Å². The number of aromatic nitrogens is 4. The number of piperidine rings is 1. The number of aryl methyl sites for hydroxylation is 1. The lowest BCUT2D eigenvalue weighted by molar-refractivity contribution is 0.0599. The third-order valence-electron chi connectivity index (χ3n) is 7.74. The van der Waals surface area contributed by atoms with Crippen LogP contribution in [0.25, 0.3) is 16.8 Å². The van der Waals surface area contributed by atoms with E-state index < -0.39 is 0 Å². The molecule has 1 aliphatic heterocycles. The summed E-state index contributed by atoms with van der Waals surface area (Å²) in [6, 6.07) is 16.2. The Bertz CT molecular complexity index is 1400. The molecule has 2 fully saturated rings. The van der Waals surface area contributed by atoms with Crippen LogP contribution in [0, 0.1) is 6.92 Å². The number of nitrogens with two attached hydrogens (primary N) is 1. The molecule has 4 aromatic rings. The third-order valence-corrected chi connectivity index (χ3v) is 7.74. The molecule has 0 radical (unpaired) electrons. The summed E-state index contributed by atoms with van der Waals surface area (Å²) in [6.45, 7) is 2.81. The van der Waals surface area contributed by atoms with Crippen LogP contribution < -0.4 is 5.73 Å².